The van der Waals surface area contributed by atoms with E-state index >= 15 is 0 Å². The number of nitrogens with one attached hydrogen (secondary N) is 1. The van der Waals surface area contributed by atoms with Crippen molar-refractivity contribution in [3.8, 4) is 11.3 Å². The zero-order valence-electron chi connectivity index (χ0n) is 16.2. The van der Waals surface area contributed by atoms with Gasteiger partial charge in [-0.1, -0.05) is 26.0 Å². The minimum Gasteiger partial charge on any atom is -0.378 e. The lowest BCUT2D eigenvalue weighted by molar-refractivity contribution is 0.122. The normalized spacial score (nSPS) is 15.2. The Labute approximate surface area is 163 Å². The fourth-order valence-corrected chi connectivity index (χ4v) is 3.84. The number of hydrogen-bond donors (Lipinski definition) is 1. The van der Waals surface area contributed by atoms with Gasteiger partial charge in [0, 0.05) is 42.3 Å². The summed E-state index contributed by atoms with van der Waals surface area (Å²) in [4.78, 5) is 20.1. The standard InChI is InChI=1S/C21H24N6O/c1-14(2)12-27-13-23-19-18(16-4-3-5-17-15(16)6-7-22-17)24-21(25-20(19)27)26-8-10-28-11-9-26/h3-7,13-14,22H,8-12H2,1-2H3. The fourth-order valence-electron chi connectivity index (χ4n) is 3.84. The van der Waals surface area contributed by atoms with Crippen LogP contribution in [-0.2, 0) is 11.3 Å². The first-order valence-electron chi connectivity index (χ1n) is 9.83. The molecule has 0 aliphatic carbocycles. The largest absolute Gasteiger partial charge is 0.378 e. The molecule has 0 saturated carbocycles. The molecule has 1 N–H and O–H groups in total. The van der Waals surface area contributed by atoms with Gasteiger partial charge in [-0.2, -0.15) is 4.98 Å². The minimum absolute atomic E-state index is 0.510. The molecule has 1 saturated heterocycles. The highest BCUT2D eigenvalue weighted by Crippen LogP contribution is 2.32. The van der Waals surface area contributed by atoms with Gasteiger partial charge in [-0.3, -0.25) is 0 Å². The van der Waals surface area contributed by atoms with Gasteiger partial charge in [-0.15, -0.1) is 0 Å². The first kappa shape index (κ1) is 17.2. The fraction of sp³-hybridized carbons (Fsp3) is 0.381. The van der Waals surface area contributed by atoms with Crippen LogP contribution < -0.4 is 4.90 Å². The van der Waals surface area contributed by atoms with Crippen LogP contribution in [0.25, 0.3) is 33.3 Å². The van der Waals surface area contributed by atoms with E-state index in [-0.39, 0.29) is 0 Å². The lowest BCUT2D eigenvalue weighted by Crippen LogP contribution is -2.37. The molecule has 4 aromatic rings. The molecule has 1 aromatic carbocycles. The summed E-state index contributed by atoms with van der Waals surface area (Å²) in [5.74, 6) is 1.26. The van der Waals surface area contributed by atoms with Crippen molar-refractivity contribution in [1.29, 1.82) is 0 Å². The minimum atomic E-state index is 0.510. The van der Waals surface area contributed by atoms with Crippen LogP contribution in [-0.4, -0.2) is 50.8 Å². The average molecular weight is 376 g/mol. The summed E-state index contributed by atoms with van der Waals surface area (Å²) in [7, 11) is 0. The van der Waals surface area contributed by atoms with Gasteiger partial charge in [0.2, 0.25) is 5.95 Å². The third-order valence-electron chi connectivity index (χ3n) is 5.16. The van der Waals surface area contributed by atoms with E-state index in [0.29, 0.717) is 19.1 Å². The average Bonchev–Trinajstić information content (AvgIpc) is 3.35. The summed E-state index contributed by atoms with van der Waals surface area (Å²) in [5.41, 5.74) is 4.81. The van der Waals surface area contributed by atoms with E-state index in [1.807, 2.05) is 12.5 Å². The second kappa shape index (κ2) is 6.91. The van der Waals surface area contributed by atoms with Crippen LogP contribution in [0.5, 0.6) is 0 Å². The first-order chi connectivity index (χ1) is 13.7. The Hall–Kier alpha value is -2.93. The van der Waals surface area contributed by atoms with E-state index in [9.17, 15) is 0 Å². The lowest BCUT2D eigenvalue weighted by atomic mass is 10.1. The molecule has 0 unspecified atom stereocenters. The van der Waals surface area contributed by atoms with E-state index in [4.69, 9.17) is 19.7 Å². The smallest absolute Gasteiger partial charge is 0.228 e. The van der Waals surface area contributed by atoms with Crippen molar-refractivity contribution in [1.82, 2.24) is 24.5 Å². The second-order valence-corrected chi connectivity index (χ2v) is 7.68. The van der Waals surface area contributed by atoms with E-state index in [1.54, 1.807) is 0 Å². The van der Waals surface area contributed by atoms with Crippen molar-refractivity contribution in [2.75, 3.05) is 31.2 Å². The number of benzene rings is 1. The molecular weight excluding hydrogens is 352 g/mol. The highest BCUT2D eigenvalue weighted by molar-refractivity contribution is 6.00. The third-order valence-corrected chi connectivity index (χ3v) is 5.16. The van der Waals surface area contributed by atoms with Crippen molar-refractivity contribution in [2.24, 2.45) is 5.92 Å². The molecule has 3 aromatic heterocycles. The Morgan fingerprint density at radius 3 is 2.82 bits per heavy atom. The SMILES string of the molecule is CC(C)Cn1cnc2c(-c3cccc4[nH]ccc34)nc(N3CCOCC3)nc21. The Morgan fingerprint density at radius 2 is 2.00 bits per heavy atom. The highest BCUT2D eigenvalue weighted by Gasteiger charge is 2.21. The Morgan fingerprint density at radius 1 is 1.14 bits per heavy atom. The van der Waals surface area contributed by atoms with Crippen molar-refractivity contribution < 1.29 is 4.74 Å². The van der Waals surface area contributed by atoms with Gasteiger partial charge >= 0.3 is 0 Å². The Balaban J connectivity index is 1.74. The van der Waals surface area contributed by atoms with Crippen molar-refractivity contribution in [3.05, 3.63) is 36.8 Å². The highest BCUT2D eigenvalue weighted by atomic mass is 16.5. The molecule has 7 heteroatoms. The van der Waals surface area contributed by atoms with Crippen LogP contribution in [0.15, 0.2) is 36.8 Å². The van der Waals surface area contributed by atoms with Crippen molar-refractivity contribution >= 4 is 28.0 Å². The van der Waals surface area contributed by atoms with Crippen LogP contribution >= 0.6 is 0 Å². The molecule has 1 aliphatic rings. The zero-order chi connectivity index (χ0) is 19.1. The van der Waals surface area contributed by atoms with Gasteiger partial charge in [0.25, 0.3) is 0 Å². The second-order valence-electron chi connectivity index (χ2n) is 7.68. The number of morpholine rings is 1. The molecule has 144 valence electrons. The van der Waals surface area contributed by atoms with Crippen molar-refractivity contribution in [3.63, 3.8) is 0 Å². The summed E-state index contributed by atoms with van der Waals surface area (Å²) < 4.78 is 7.66. The summed E-state index contributed by atoms with van der Waals surface area (Å²) in [6.45, 7) is 8.30. The predicted molar refractivity (Wildman–Crippen MR) is 110 cm³/mol. The summed E-state index contributed by atoms with van der Waals surface area (Å²) >= 11 is 0. The molecule has 1 fully saturated rings. The van der Waals surface area contributed by atoms with Gasteiger partial charge in [-0.05, 0) is 18.1 Å². The Bertz CT molecular complexity index is 1120. The number of ether oxygens (including phenoxy) is 1. The van der Waals surface area contributed by atoms with Gasteiger partial charge in [0.15, 0.2) is 5.65 Å². The number of imidazole rings is 1. The number of H-pyrrole nitrogens is 1. The van der Waals surface area contributed by atoms with Gasteiger partial charge in [-0.25, -0.2) is 9.97 Å². The molecule has 4 heterocycles. The summed E-state index contributed by atoms with van der Waals surface area (Å²) in [6, 6.07) is 8.35. The quantitative estimate of drug-likeness (QED) is 0.590. The Kier molecular flexibility index (Phi) is 4.24. The van der Waals surface area contributed by atoms with E-state index < -0.39 is 0 Å². The maximum absolute atomic E-state index is 5.51. The maximum Gasteiger partial charge on any atom is 0.228 e. The monoisotopic (exact) mass is 376 g/mol. The number of fused-ring (bicyclic) bond motifs is 2. The van der Waals surface area contributed by atoms with Crippen LogP contribution in [0.1, 0.15) is 13.8 Å². The van der Waals surface area contributed by atoms with E-state index in [2.05, 4.69) is 52.6 Å². The van der Waals surface area contributed by atoms with Gasteiger partial charge in [0.1, 0.15) is 11.2 Å². The molecular formula is C21H24N6O. The number of rotatable bonds is 4. The third kappa shape index (κ3) is 2.92. The number of hydrogen-bond acceptors (Lipinski definition) is 5. The molecule has 0 radical (unpaired) electrons. The molecule has 0 atom stereocenters. The van der Waals surface area contributed by atoms with E-state index in [0.717, 1.165) is 58.9 Å². The molecule has 7 nitrogen and oxygen atoms in total. The zero-order valence-corrected chi connectivity index (χ0v) is 16.2. The maximum atomic E-state index is 5.51. The predicted octanol–water partition coefficient (Wildman–Crippen LogP) is 3.47. The number of aromatic amines is 1. The summed E-state index contributed by atoms with van der Waals surface area (Å²) in [5, 5.41) is 1.15. The summed E-state index contributed by atoms with van der Waals surface area (Å²) in [6.07, 6.45) is 3.86. The number of nitrogens with zero attached hydrogens (tertiary/aromatic N) is 5. The molecule has 0 bridgehead atoms. The van der Waals surface area contributed by atoms with E-state index in [1.165, 1.54) is 0 Å². The van der Waals surface area contributed by atoms with Gasteiger partial charge in [0.05, 0.1) is 19.5 Å². The first-order valence-corrected chi connectivity index (χ1v) is 9.83. The van der Waals surface area contributed by atoms with Crippen LogP contribution in [0, 0.1) is 5.92 Å². The topological polar surface area (TPSA) is 71.9 Å². The lowest BCUT2D eigenvalue weighted by Gasteiger charge is -2.27. The number of aromatic nitrogens is 5. The number of anilines is 1. The molecule has 1 aliphatic heterocycles. The molecule has 5 rings (SSSR count). The van der Waals surface area contributed by atoms with Crippen molar-refractivity contribution in [2.45, 2.75) is 20.4 Å². The van der Waals surface area contributed by atoms with Crippen LogP contribution in [0.2, 0.25) is 0 Å². The van der Waals surface area contributed by atoms with Crippen LogP contribution in [0.4, 0.5) is 5.95 Å². The molecule has 0 spiro atoms. The molecule has 28 heavy (non-hydrogen) atoms. The van der Waals surface area contributed by atoms with Crippen LogP contribution in [0.3, 0.4) is 0 Å². The van der Waals surface area contributed by atoms with Gasteiger partial charge < -0.3 is 19.2 Å². The molecule has 0 amide bonds.